The van der Waals surface area contributed by atoms with E-state index in [9.17, 15) is 9.59 Å². The smallest absolute Gasteiger partial charge is 0.308 e. The Bertz CT molecular complexity index is 486. The van der Waals surface area contributed by atoms with Crippen LogP contribution in [0.5, 0.6) is 0 Å². The molecule has 0 spiro atoms. The highest BCUT2D eigenvalue weighted by molar-refractivity contribution is 5.92. The zero-order valence-corrected chi connectivity index (χ0v) is 12.3. The number of rotatable bonds is 6. The number of carbonyl (C=O) groups excluding carboxylic acids is 1. The average molecular weight is 279 g/mol. The van der Waals surface area contributed by atoms with Crippen LogP contribution in [0.4, 0.5) is 5.69 Å². The summed E-state index contributed by atoms with van der Waals surface area (Å²) in [5.74, 6) is -1.46. The quantitative estimate of drug-likeness (QED) is 0.825. The Morgan fingerprint density at radius 2 is 2.05 bits per heavy atom. The van der Waals surface area contributed by atoms with Crippen molar-refractivity contribution < 1.29 is 14.7 Å². The number of aliphatic carboxylic acids is 1. The summed E-state index contributed by atoms with van der Waals surface area (Å²) in [5, 5.41) is 12.2. The molecule has 110 valence electrons. The molecule has 1 aromatic rings. The van der Waals surface area contributed by atoms with Crippen molar-refractivity contribution in [3.05, 3.63) is 24.0 Å². The van der Waals surface area contributed by atoms with Gasteiger partial charge in [-0.25, -0.2) is 0 Å². The highest BCUT2D eigenvalue weighted by Gasteiger charge is 2.21. The SMILES string of the molecule is CC(C)C(CNc1ccnc(C(=O)N(C)C)c1)C(=O)O. The molecule has 0 aliphatic heterocycles. The first-order valence-corrected chi connectivity index (χ1v) is 6.47. The van der Waals surface area contributed by atoms with Gasteiger partial charge in [-0.15, -0.1) is 0 Å². The summed E-state index contributed by atoms with van der Waals surface area (Å²) in [6.45, 7) is 4.05. The second-order valence-electron chi connectivity index (χ2n) is 5.20. The van der Waals surface area contributed by atoms with Crippen molar-refractivity contribution in [2.75, 3.05) is 26.0 Å². The minimum Gasteiger partial charge on any atom is -0.481 e. The molecule has 1 atom stereocenters. The van der Waals surface area contributed by atoms with Gasteiger partial charge in [-0.2, -0.15) is 0 Å². The fraction of sp³-hybridized carbons (Fsp3) is 0.500. The Balaban J connectivity index is 2.76. The average Bonchev–Trinajstić information content (AvgIpc) is 2.37. The molecule has 1 heterocycles. The molecule has 1 unspecified atom stereocenters. The molecular formula is C14H21N3O3. The van der Waals surface area contributed by atoms with Gasteiger partial charge >= 0.3 is 5.97 Å². The normalized spacial score (nSPS) is 12.1. The van der Waals surface area contributed by atoms with Gasteiger partial charge < -0.3 is 15.3 Å². The van der Waals surface area contributed by atoms with Crippen molar-refractivity contribution in [3.8, 4) is 0 Å². The minimum absolute atomic E-state index is 0.0321. The van der Waals surface area contributed by atoms with E-state index in [1.54, 1.807) is 26.2 Å². The third-order valence-corrected chi connectivity index (χ3v) is 3.03. The summed E-state index contributed by atoms with van der Waals surface area (Å²) >= 11 is 0. The number of carboxylic acid groups (broad SMARTS) is 1. The number of nitrogens with zero attached hydrogens (tertiary/aromatic N) is 2. The molecule has 0 bridgehead atoms. The molecule has 1 aromatic heterocycles. The van der Waals surface area contributed by atoms with Crippen molar-refractivity contribution in [1.82, 2.24) is 9.88 Å². The van der Waals surface area contributed by atoms with Crippen LogP contribution in [0, 0.1) is 11.8 Å². The van der Waals surface area contributed by atoms with E-state index < -0.39 is 11.9 Å². The van der Waals surface area contributed by atoms with Gasteiger partial charge in [0, 0.05) is 32.5 Å². The monoisotopic (exact) mass is 279 g/mol. The fourth-order valence-electron chi connectivity index (χ4n) is 1.72. The van der Waals surface area contributed by atoms with Crippen LogP contribution < -0.4 is 5.32 Å². The lowest BCUT2D eigenvalue weighted by Crippen LogP contribution is -2.27. The lowest BCUT2D eigenvalue weighted by Gasteiger charge is -2.18. The van der Waals surface area contributed by atoms with Gasteiger partial charge in [-0.05, 0) is 18.1 Å². The molecule has 1 amide bonds. The van der Waals surface area contributed by atoms with Crippen LogP contribution in [0.25, 0.3) is 0 Å². The summed E-state index contributed by atoms with van der Waals surface area (Å²) in [5.41, 5.74) is 1.02. The first-order valence-electron chi connectivity index (χ1n) is 6.47. The van der Waals surface area contributed by atoms with Gasteiger partial charge in [0.15, 0.2) is 0 Å². The molecule has 0 saturated carbocycles. The van der Waals surface area contributed by atoms with Crippen molar-refractivity contribution in [3.63, 3.8) is 0 Å². The minimum atomic E-state index is -0.828. The number of aromatic nitrogens is 1. The number of anilines is 1. The summed E-state index contributed by atoms with van der Waals surface area (Å²) < 4.78 is 0. The van der Waals surface area contributed by atoms with Crippen LogP contribution in [0.1, 0.15) is 24.3 Å². The molecule has 6 heteroatoms. The third kappa shape index (κ3) is 4.22. The van der Waals surface area contributed by atoms with E-state index in [1.807, 2.05) is 13.8 Å². The van der Waals surface area contributed by atoms with E-state index in [4.69, 9.17) is 5.11 Å². The topological polar surface area (TPSA) is 82.5 Å². The van der Waals surface area contributed by atoms with Gasteiger partial charge in [0.05, 0.1) is 5.92 Å². The standard InChI is InChI=1S/C14H21N3O3/c1-9(2)11(14(19)20)8-16-10-5-6-15-12(7-10)13(18)17(3)4/h5-7,9,11H,8H2,1-4H3,(H,15,16)(H,19,20). The van der Waals surface area contributed by atoms with E-state index >= 15 is 0 Å². The highest BCUT2D eigenvalue weighted by atomic mass is 16.4. The van der Waals surface area contributed by atoms with Crippen LogP contribution in [0.3, 0.4) is 0 Å². The first kappa shape index (κ1) is 15.9. The van der Waals surface area contributed by atoms with Gasteiger partial charge in [0.1, 0.15) is 5.69 Å². The zero-order chi connectivity index (χ0) is 15.3. The van der Waals surface area contributed by atoms with Crippen LogP contribution in [-0.2, 0) is 4.79 Å². The van der Waals surface area contributed by atoms with Crippen molar-refractivity contribution >= 4 is 17.6 Å². The maximum absolute atomic E-state index is 11.8. The summed E-state index contributed by atoms with van der Waals surface area (Å²) in [7, 11) is 3.31. The van der Waals surface area contributed by atoms with Gasteiger partial charge in [0.25, 0.3) is 5.91 Å². The number of nitrogens with one attached hydrogen (secondary N) is 1. The van der Waals surface area contributed by atoms with E-state index in [0.717, 1.165) is 0 Å². The van der Waals surface area contributed by atoms with Crippen LogP contribution in [0.15, 0.2) is 18.3 Å². The summed E-state index contributed by atoms with van der Waals surface area (Å²) in [6, 6.07) is 3.34. The maximum Gasteiger partial charge on any atom is 0.308 e. The number of carboxylic acids is 1. The Hall–Kier alpha value is -2.11. The van der Waals surface area contributed by atoms with Crippen molar-refractivity contribution in [1.29, 1.82) is 0 Å². The van der Waals surface area contributed by atoms with Crippen molar-refractivity contribution in [2.45, 2.75) is 13.8 Å². The predicted octanol–water partition coefficient (Wildman–Crippen LogP) is 1.55. The second-order valence-corrected chi connectivity index (χ2v) is 5.20. The molecule has 20 heavy (non-hydrogen) atoms. The summed E-state index contributed by atoms with van der Waals surface area (Å²) in [4.78, 5) is 28.4. The lowest BCUT2D eigenvalue weighted by atomic mass is 9.96. The fourth-order valence-corrected chi connectivity index (χ4v) is 1.72. The molecule has 0 radical (unpaired) electrons. The first-order chi connectivity index (χ1) is 9.32. The summed E-state index contributed by atoms with van der Waals surface area (Å²) in [6.07, 6.45) is 1.53. The van der Waals surface area contributed by atoms with E-state index in [0.29, 0.717) is 17.9 Å². The largest absolute Gasteiger partial charge is 0.481 e. The van der Waals surface area contributed by atoms with Gasteiger partial charge in [-0.3, -0.25) is 14.6 Å². The Morgan fingerprint density at radius 3 is 2.55 bits per heavy atom. The molecule has 6 nitrogen and oxygen atoms in total. The Morgan fingerprint density at radius 1 is 1.40 bits per heavy atom. The molecular weight excluding hydrogens is 258 g/mol. The van der Waals surface area contributed by atoms with Crippen LogP contribution >= 0.6 is 0 Å². The van der Waals surface area contributed by atoms with Gasteiger partial charge in [0.2, 0.25) is 0 Å². The number of hydrogen-bond acceptors (Lipinski definition) is 4. The van der Waals surface area contributed by atoms with Crippen LogP contribution in [-0.4, -0.2) is 47.5 Å². The van der Waals surface area contributed by atoms with E-state index in [1.165, 1.54) is 11.1 Å². The lowest BCUT2D eigenvalue weighted by molar-refractivity contribution is -0.142. The molecule has 1 rings (SSSR count). The number of hydrogen-bond donors (Lipinski definition) is 2. The molecule has 0 aliphatic rings. The second kappa shape index (κ2) is 6.88. The number of pyridine rings is 1. The maximum atomic E-state index is 11.8. The molecule has 0 aromatic carbocycles. The number of amides is 1. The Labute approximate surface area is 118 Å². The molecule has 0 saturated heterocycles. The van der Waals surface area contributed by atoms with E-state index in [-0.39, 0.29) is 11.8 Å². The van der Waals surface area contributed by atoms with Crippen molar-refractivity contribution in [2.24, 2.45) is 11.8 Å². The number of carbonyl (C=O) groups is 2. The van der Waals surface area contributed by atoms with Gasteiger partial charge in [-0.1, -0.05) is 13.8 Å². The molecule has 0 fully saturated rings. The van der Waals surface area contributed by atoms with E-state index in [2.05, 4.69) is 10.3 Å². The molecule has 2 N–H and O–H groups in total. The zero-order valence-electron chi connectivity index (χ0n) is 12.3. The third-order valence-electron chi connectivity index (χ3n) is 3.03. The predicted molar refractivity (Wildman–Crippen MR) is 76.7 cm³/mol. The highest BCUT2D eigenvalue weighted by Crippen LogP contribution is 2.14. The Kier molecular flexibility index (Phi) is 5.49. The molecule has 0 aliphatic carbocycles. The van der Waals surface area contributed by atoms with Crippen LogP contribution in [0.2, 0.25) is 0 Å².